The van der Waals surface area contributed by atoms with Crippen molar-refractivity contribution in [3.05, 3.63) is 38.7 Å². The molecule has 2 aliphatic heterocycles. The molecule has 2 fully saturated rings. The van der Waals surface area contributed by atoms with Gasteiger partial charge in [-0.05, 0) is 25.0 Å². The quantitative estimate of drug-likeness (QED) is 0.726. The first-order valence-corrected chi connectivity index (χ1v) is 9.06. The minimum atomic E-state index is -0.470. The van der Waals surface area contributed by atoms with Crippen molar-refractivity contribution in [2.75, 3.05) is 26.3 Å². The Bertz CT molecular complexity index is 997. The SMILES string of the molecule is Cn1c(=O)c2ccc(C(=O)N3CCC(C4OCCO4)CC3)nc2n(C)c1=O. The summed E-state index contributed by atoms with van der Waals surface area (Å²) in [6, 6.07) is 3.11. The maximum Gasteiger partial charge on any atom is 0.332 e. The Morgan fingerprint density at radius 3 is 2.41 bits per heavy atom. The van der Waals surface area contributed by atoms with Gasteiger partial charge in [0.1, 0.15) is 11.3 Å². The lowest BCUT2D eigenvalue weighted by atomic mass is 9.96. The Balaban J connectivity index is 1.57. The van der Waals surface area contributed by atoms with Gasteiger partial charge in [0.15, 0.2) is 6.29 Å². The van der Waals surface area contributed by atoms with Crippen LogP contribution in [-0.2, 0) is 23.6 Å². The van der Waals surface area contributed by atoms with Crippen LogP contribution in [0.1, 0.15) is 23.3 Å². The van der Waals surface area contributed by atoms with Crippen molar-refractivity contribution >= 4 is 16.9 Å². The lowest BCUT2D eigenvalue weighted by molar-refractivity contribution is -0.0956. The van der Waals surface area contributed by atoms with Gasteiger partial charge in [-0.1, -0.05) is 0 Å². The molecule has 0 spiro atoms. The predicted octanol–water partition coefficient (Wildman–Crippen LogP) is -0.143. The highest BCUT2D eigenvalue weighted by atomic mass is 16.7. The summed E-state index contributed by atoms with van der Waals surface area (Å²) in [4.78, 5) is 43.3. The number of ether oxygens (including phenoxy) is 2. The van der Waals surface area contributed by atoms with E-state index in [0.717, 1.165) is 17.4 Å². The normalized spacial score (nSPS) is 19.1. The molecule has 0 N–H and O–H groups in total. The van der Waals surface area contributed by atoms with Crippen molar-refractivity contribution in [2.45, 2.75) is 19.1 Å². The number of carbonyl (C=O) groups excluding carboxylic acids is 1. The molecule has 2 saturated heterocycles. The van der Waals surface area contributed by atoms with Gasteiger partial charge in [-0.25, -0.2) is 9.78 Å². The molecule has 0 unspecified atom stereocenters. The maximum absolute atomic E-state index is 12.8. The Kier molecular flexibility index (Phi) is 4.56. The van der Waals surface area contributed by atoms with Crippen LogP contribution in [0.4, 0.5) is 0 Å². The summed E-state index contributed by atoms with van der Waals surface area (Å²) in [6.45, 7) is 2.45. The van der Waals surface area contributed by atoms with E-state index >= 15 is 0 Å². The van der Waals surface area contributed by atoms with Crippen LogP contribution >= 0.6 is 0 Å². The van der Waals surface area contributed by atoms with Crippen molar-refractivity contribution in [3.8, 4) is 0 Å². The van der Waals surface area contributed by atoms with Gasteiger partial charge < -0.3 is 14.4 Å². The van der Waals surface area contributed by atoms with Crippen LogP contribution in [0.3, 0.4) is 0 Å². The summed E-state index contributed by atoms with van der Waals surface area (Å²) in [5.74, 6) is 0.0988. The van der Waals surface area contributed by atoms with E-state index < -0.39 is 11.2 Å². The molecule has 0 radical (unpaired) electrons. The largest absolute Gasteiger partial charge is 0.350 e. The lowest BCUT2D eigenvalue weighted by Crippen LogP contribution is -2.42. The van der Waals surface area contributed by atoms with Crippen LogP contribution < -0.4 is 11.2 Å². The number of fused-ring (bicyclic) bond motifs is 1. The van der Waals surface area contributed by atoms with E-state index in [9.17, 15) is 14.4 Å². The number of amides is 1. The predicted molar refractivity (Wildman–Crippen MR) is 96.5 cm³/mol. The second-order valence-electron chi connectivity index (χ2n) is 7.01. The van der Waals surface area contributed by atoms with Gasteiger partial charge in [0.2, 0.25) is 0 Å². The molecule has 2 aromatic heterocycles. The van der Waals surface area contributed by atoms with Gasteiger partial charge in [0.05, 0.1) is 18.6 Å². The van der Waals surface area contributed by atoms with Gasteiger partial charge in [-0.2, -0.15) is 0 Å². The molecule has 144 valence electrons. The van der Waals surface area contributed by atoms with Crippen molar-refractivity contribution < 1.29 is 14.3 Å². The number of rotatable bonds is 2. The van der Waals surface area contributed by atoms with Gasteiger partial charge in [0, 0.05) is 33.1 Å². The number of pyridine rings is 1. The monoisotopic (exact) mass is 374 g/mol. The molecule has 9 heteroatoms. The second-order valence-corrected chi connectivity index (χ2v) is 7.01. The third kappa shape index (κ3) is 3.06. The summed E-state index contributed by atoms with van der Waals surface area (Å²) in [6.07, 6.45) is 1.46. The van der Waals surface area contributed by atoms with Crippen molar-refractivity contribution in [2.24, 2.45) is 20.0 Å². The molecule has 0 aromatic carbocycles. The van der Waals surface area contributed by atoms with Gasteiger partial charge in [-0.3, -0.25) is 18.7 Å². The minimum absolute atomic E-state index is 0.160. The number of carbonyl (C=O) groups is 1. The van der Waals surface area contributed by atoms with E-state index in [1.165, 1.54) is 11.6 Å². The summed E-state index contributed by atoms with van der Waals surface area (Å²) in [5.41, 5.74) is -0.437. The molecule has 1 amide bonds. The fourth-order valence-corrected chi connectivity index (χ4v) is 3.76. The van der Waals surface area contributed by atoms with E-state index in [1.54, 1.807) is 24.1 Å². The fraction of sp³-hybridized carbons (Fsp3) is 0.556. The number of likely N-dealkylation sites (tertiary alicyclic amines) is 1. The molecule has 0 saturated carbocycles. The number of aryl methyl sites for hydroxylation is 1. The highest BCUT2D eigenvalue weighted by Gasteiger charge is 2.32. The van der Waals surface area contributed by atoms with E-state index in [1.807, 2.05) is 0 Å². The lowest BCUT2D eigenvalue weighted by Gasteiger charge is -2.33. The topological polar surface area (TPSA) is 95.7 Å². The Morgan fingerprint density at radius 1 is 1.07 bits per heavy atom. The first kappa shape index (κ1) is 17.9. The van der Waals surface area contributed by atoms with E-state index in [-0.39, 0.29) is 23.5 Å². The van der Waals surface area contributed by atoms with E-state index in [4.69, 9.17) is 9.47 Å². The Hall–Kier alpha value is -2.52. The summed E-state index contributed by atoms with van der Waals surface area (Å²) in [7, 11) is 2.96. The minimum Gasteiger partial charge on any atom is -0.350 e. The fourth-order valence-electron chi connectivity index (χ4n) is 3.76. The van der Waals surface area contributed by atoms with Crippen molar-refractivity contribution in [1.29, 1.82) is 0 Å². The highest BCUT2D eigenvalue weighted by molar-refractivity contribution is 5.94. The van der Waals surface area contributed by atoms with Crippen molar-refractivity contribution in [3.63, 3.8) is 0 Å². The van der Waals surface area contributed by atoms with Crippen molar-refractivity contribution in [1.82, 2.24) is 19.0 Å². The number of nitrogens with zero attached hydrogens (tertiary/aromatic N) is 4. The standard InChI is InChI=1S/C18H22N4O5/c1-20-14-12(15(23)21(2)18(20)25)3-4-13(19-14)16(24)22-7-5-11(6-8-22)17-26-9-10-27-17/h3-4,11,17H,5-10H2,1-2H3. The molecule has 4 heterocycles. The molecule has 0 bridgehead atoms. The molecule has 0 atom stereocenters. The van der Waals surface area contributed by atoms with Crippen LogP contribution in [0.15, 0.2) is 21.7 Å². The average Bonchev–Trinajstić information content (AvgIpc) is 3.24. The molecule has 2 aliphatic rings. The number of piperidine rings is 1. The maximum atomic E-state index is 12.8. The molecule has 0 aliphatic carbocycles. The molecule has 27 heavy (non-hydrogen) atoms. The Labute approximate surface area is 155 Å². The van der Waals surface area contributed by atoms with Gasteiger partial charge >= 0.3 is 5.69 Å². The molecular formula is C18H22N4O5. The summed E-state index contributed by atoms with van der Waals surface area (Å²) < 4.78 is 13.4. The molecular weight excluding hydrogens is 352 g/mol. The first-order valence-electron chi connectivity index (χ1n) is 9.06. The zero-order chi connectivity index (χ0) is 19.1. The second kappa shape index (κ2) is 6.90. The third-order valence-electron chi connectivity index (χ3n) is 5.38. The smallest absolute Gasteiger partial charge is 0.332 e. The number of hydrogen-bond donors (Lipinski definition) is 0. The average molecular weight is 374 g/mol. The highest BCUT2D eigenvalue weighted by Crippen LogP contribution is 2.26. The van der Waals surface area contributed by atoms with Crippen LogP contribution in [-0.4, -0.2) is 57.5 Å². The van der Waals surface area contributed by atoms with Crippen LogP contribution in [0.2, 0.25) is 0 Å². The molecule has 9 nitrogen and oxygen atoms in total. The van der Waals surface area contributed by atoms with E-state index in [2.05, 4.69) is 4.98 Å². The van der Waals surface area contributed by atoms with Crippen LogP contribution in [0.25, 0.3) is 11.0 Å². The molecule has 4 rings (SSSR count). The number of aromatic nitrogens is 3. The zero-order valence-corrected chi connectivity index (χ0v) is 15.4. The van der Waals surface area contributed by atoms with Gasteiger partial charge in [0.25, 0.3) is 11.5 Å². The summed E-state index contributed by atoms with van der Waals surface area (Å²) in [5, 5.41) is 0.311. The van der Waals surface area contributed by atoms with E-state index in [0.29, 0.717) is 37.6 Å². The number of hydrogen-bond acceptors (Lipinski definition) is 6. The van der Waals surface area contributed by atoms with Gasteiger partial charge in [-0.15, -0.1) is 0 Å². The third-order valence-corrected chi connectivity index (χ3v) is 5.38. The first-order chi connectivity index (χ1) is 13.0. The summed E-state index contributed by atoms with van der Waals surface area (Å²) >= 11 is 0. The Morgan fingerprint density at radius 2 is 1.74 bits per heavy atom. The van der Waals surface area contributed by atoms with Crippen LogP contribution in [0.5, 0.6) is 0 Å². The molecule has 2 aromatic rings. The zero-order valence-electron chi connectivity index (χ0n) is 15.4. The van der Waals surface area contributed by atoms with Crippen LogP contribution in [0, 0.1) is 5.92 Å².